The molecule has 7 nitrogen and oxygen atoms in total. The average molecular weight is 495 g/mol. The zero-order valence-corrected chi connectivity index (χ0v) is 18.7. The van der Waals surface area contributed by atoms with Crippen molar-refractivity contribution in [3.8, 4) is 0 Å². The fourth-order valence-electron chi connectivity index (χ4n) is 3.16. The molecule has 1 aliphatic rings. The standard InChI is InChI=1S/C21H23BrN2O5S/c22-17-9-7-15(8-10-17)12-20(25)23-18-5-3-4-16(13-18)21(26)24-30(27,28)14-19-6-1-2-11-29-19/h3-5,7-10,13,19H,1-2,6,11-12,14H2,(H,23,25)(H,24,26). The number of ether oxygens (including phenoxy) is 1. The molecule has 2 aromatic carbocycles. The molecule has 3 rings (SSSR count). The Morgan fingerprint density at radius 3 is 2.57 bits per heavy atom. The summed E-state index contributed by atoms with van der Waals surface area (Å²) in [6.45, 7) is 0.538. The molecule has 0 spiro atoms. The molecule has 0 saturated carbocycles. The second-order valence-corrected chi connectivity index (χ2v) is 9.82. The van der Waals surface area contributed by atoms with Gasteiger partial charge in [0.15, 0.2) is 0 Å². The molecule has 1 heterocycles. The van der Waals surface area contributed by atoms with Gasteiger partial charge in [-0.25, -0.2) is 13.1 Å². The van der Waals surface area contributed by atoms with Gasteiger partial charge in [-0.3, -0.25) is 9.59 Å². The van der Waals surface area contributed by atoms with E-state index in [9.17, 15) is 18.0 Å². The number of hydrogen-bond donors (Lipinski definition) is 2. The van der Waals surface area contributed by atoms with Crippen molar-refractivity contribution in [1.82, 2.24) is 4.72 Å². The van der Waals surface area contributed by atoms with Gasteiger partial charge in [0.25, 0.3) is 5.91 Å². The van der Waals surface area contributed by atoms with E-state index in [1.54, 1.807) is 12.1 Å². The molecule has 2 N–H and O–H groups in total. The first-order valence-electron chi connectivity index (χ1n) is 9.61. The molecule has 0 aliphatic carbocycles. The lowest BCUT2D eigenvalue weighted by atomic mass is 10.1. The van der Waals surface area contributed by atoms with Gasteiger partial charge in [-0.15, -0.1) is 0 Å². The highest BCUT2D eigenvalue weighted by atomic mass is 79.9. The fourth-order valence-corrected chi connectivity index (χ4v) is 4.66. The van der Waals surface area contributed by atoms with Crippen LogP contribution in [-0.2, 0) is 26.0 Å². The zero-order valence-electron chi connectivity index (χ0n) is 16.3. The molecular weight excluding hydrogens is 472 g/mol. The van der Waals surface area contributed by atoms with Crippen LogP contribution in [0.15, 0.2) is 53.0 Å². The molecule has 2 amide bonds. The molecule has 2 aromatic rings. The molecule has 1 atom stereocenters. The predicted octanol–water partition coefficient (Wildman–Crippen LogP) is 3.26. The van der Waals surface area contributed by atoms with Gasteiger partial charge in [-0.05, 0) is 55.2 Å². The van der Waals surface area contributed by atoms with E-state index in [-0.39, 0.29) is 23.6 Å². The van der Waals surface area contributed by atoms with Gasteiger partial charge in [0.1, 0.15) is 0 Å². The smallest absolute Gasteiger partial charge is 0.264 e. The highest BCUT2D eigenvalue weighted by Gasteiger charge is 2.24. The third-order valence-corrected chi connectivity index (χ3v) is 6.45. The molecule has 0 bridgehead atoms. The number of carbonyl (C=O) groups is 2. The first-order chi connectivity index (χ1) is 14.3. The van der Waals surface area contributed by atoms with E-state index in [1.807, 2.05) is 24.3 Å². The molecule has 1 fully saturated rings. The highest BCUT2D eigenvalue weighted by molar-refractivity contribution is 9.10. The van der Waals surface area contributed by atoms with Crippen molar-refractivity contribution >= 4 is 43.5 Å². The van der Waals surface area contributed by atoms with Crippen LogP contribution in [0.3, 0.4) is 0 Å². The van der Waals surface area contributed by atoms with Crippen molar-refractivity contribution in [2.24, 2.45) is 0 Å². The number of hydrogen-bond acceptors (Lipinski definition) is 5. The molecule has 0 aromatic heterocycles. The van der Waals surface area contributed by atoms with Gasteiger partial charge in [0.05, 0.1) is 18.3 Å². The Bertz CT molecular complexity index is 1000. The second-order valence-electron chi connectivity index (χ2n) is 7.13. The molecule has 1 unspecified atom stereocenters. The number of benzene rings is 2. The second kappa shape index (κ2) is 10.2. The summed E-state index contributed by atoms with van der Waals surface area (Å²) in [5.74, 6) is -1.23. The minimum Gasteiger partial charge on any atom is -0.377 e. The molecule has 1 aliphatic heterocycles. The van der Waals surface area contributed by atoms with Crippen molar-refractivity contribution in [2.75, 3.05) is 17.7 Å². The van der Waals surface area contributed by atoms with Crippen molar-refractivity contribution in [2.45, 2.75) is 31.8 Å². The lowest BCUT2D eigenvalue weighted by molar-refractivity contribution is -0.115. The van der Waals surface area contributed by atoms with Crippen LogP contribution < -0.4 is 10.0 Å². The van der Waals surface area contributed by atoms with Gasteiger partial charge >= 0.3 is 0 Å². The minimum absolute atomic E-state index is 0.143. The Hall–Kier alpha value is -2.23. The first-order valence-corrected chi connectivity index (χ1v) is 12.1. The van der Waals surface area contributed by atoms with E-state index >= 15 is 0 Å². The summed E-state index contributed by atoms with van der Waals surface area (Å²) >= 11 is 3.35. The van der Waals surface area contributed by atoms with E-state index in [2.05, 4.69) is 26.0 Å². The first kappa shape index (κ1) is 22.5. The lowest BCUT2D eigenvalue weighted by Gasteiger charge is -2.22. The lowest BCUT2D eigenvalue weighted by Crippen LogP contribution is -2.38. The van der Waals surface area contributed by atoms with Crippen LogP contribution in [0.4, 0.5) is 5.69 Å². The Balaban J connectivity index is 1.58. The molecule has 30 heavy (non-hydrogen) atoms. The van der Waals surface area contributed by atoms with Gasteiger partial charge in [-0.2, -0.15) is 0 Å². The van der Waals surface area contributed by atoms with Gasteiger partial charge in [-0.1, -0.05) is 34.1 Å². The quantitative estimate of drug-likeness (QED) is 0.614. The maximum absolute atomic E-state index is 12.4. The molecule has 0 radical (unpaired) electrons. The Kier molecular flexibility index (Phi) is 7.63. The van der Waals surface area contributed by atoms with Crippen molar-refractivity contribution < 1.29 is 22.7 Å². The van der Waals surface area contributed by atoms with Gasteiger partial charge in [0.2, 0.25) is 15.9 Å². The van der Waals surface area contributed by atoms with Crippen LogP contribution in [-0.4, -0.2) is 38.7 Å². The number of carbonyl (C=O) groups excluding carboxylic acids is 2. The monoisotopic (exact) mass is 494 g/mol. The third kappa shape index (κ3) is 6.93. The molecule has 160 valence electrons. The summed E-state index contributed by atoms with van der Waals surface area (Å²) in [5.41, 5.74) is 1.41. The van der Waals surface area contributed by atoms with Gasteiger partial charge in [0, 0.05) is 22.3 Å². The largest absolute Gasteiger partial charge is 0.377 e. The molecular formula is C21H23BrN2O5S. The van der Waals surface area contributed by atoms with Crippen LogP contribution >= 0.6 is 15.9 Å². The predicted molar refractivity (Wildman–Crippen MR) is 118 cm³/mol. The SMILES string of the molecule is O=C(Cc1ccc(Br)cc1)Nc1cccc(C(=O)NS(=O)(=O)CC2CCCCO2)c1. The topological polar surface area (TPSA) is 102 Å². The Labute approximate surface area is 184 Å². The van der Waals surface area contributed by atoms with Crippen LogP contribution in [0.25, 0.3) is 0 Å². The minimum atomic E-state index is -3.82. The maximum Gasteiger partial charge on any atom is 0.264 e. The number of sulfonamides is 1. The summed E-state index contributed by atoms with van der Waals surface area (Å²) in [5, 5.41) is 2.73. The third-order valence-electron chi connectivity index (χ3n) is 4.61. The van der Waals surface area contributed by atoms with Crippen molar-refractivity contribution in [3.63, 3.8) is 0 Å². The van der Waals surface area contributed by atoms with Gasteiger partial charge < -0.3 is 10.1 Å². The average Bonchev–Trinajstić information content (AvgIpc) is 2.70. The van der Waals surface area contributed by atoms with E-state index in [1.165, 1.54) is 12.1 Å². The van der Waals surface area contributed by atoms with E-state index in [0.29, 0.717) is 18.7 Å². The van der Waals surface area contributed by atoms with Crippen LogP contribution in [0.2, 0.25) is 0 Å². The molecule has 1 saturated heterocycles. The van der Waals surface area contributed by atoms with E-state index < -0.39 is 22.0 Å². The highest BCUT2D eigenvalue weighted by Crippen LogP contribution is 2.16. The number of nitrogens with one attached hydrogen (secondary N) is 2. The van der Waals surface area contributed by atoms with Crippen LogP contribution in [0.5, 0.6) is 0 Å². The number of anilines is 1. The normalized spacial score (nSPS) is 16.6. The summed E-state index contributed by atoms with van der Waals surface area (Å²) in [7, 11) is -3.82. The van der Waals surface area contributed by atoms with Crippen LogP contribution in [0.1, 0.15) is 35.2 Å². The summed E-state index contributed by atoms with van der Waals surface area (Å²) < 4.78 is 33.0. The summed E-state index contributed by atoms with van der Waals surface area (Å²) in [6.07, 6.45) is 2.28. The fraction of sp³-hybridized carbons (Fsp3) is 0.333. The summed E-state index contributed by atoms with van der Waals surface area (Å²) in [6, 6.07) is 13.6. The van der Waals surface area contributed by atoms with Crippen molar-refractivity contribution in [1.29, 1.82) is 0 Å². The summed E-state index contributed by atoms with van der Waals surface area (Å²) in [4.78, 5) is 24.7. The Morgan fingerprint density at radius 2 is 1.87 bits per heavy atom. The van der Waals surface area contributed by atoms with E-state index in [0.717, 1.165) is 22.9 Å². The maximum atomic E-state index is 12.4. The number of halogens is 1. The number of rotatable bonds is 7. The van der Waals surface area contributed by atoms with Crippen molar-refractivity contribution in [3.05, 3.63) is 64.1 Å². The van der Waals surface area contributed by atoms with E-state index in [4.69, 9.17) is 4.74 Å². The van der Waals surface area contributed by atoms with Crippen LogP contribution in [0, 0.1) is 0 Å². The number of amides is 2. The zero-order chi connectivity index (χ0) is 21.6. The Morgan fingerprint density at radius 1 is 1.10 bits per heavy atom. The molecule has 9 heteroatoms.